The van der Waals surface area contributed by atoms with Gasteiger partial charge in [0.1, 0.15) is 10.7 Å². The number of nitrogens with one attached hydrogen (secondary N) is 1. The molecule has 0 spiro atoms. The van der Waals surface area contributed by atoms with Gasteiger partial charge in [-0.2, -0.15) is 5.26 Å². The van der Waals surface area contributed by atoms with Crippen molar-refractivity contribution in [1.29, 1.82) is 5.26 Å². The highest BCUT2D eigenvalue weighted by molar-refractivity contribution is 7.07. The Labute approximate surface area is 250 Å². The molecule has 0 saturated heterocycles. The Bertz CT molecular complexity index is 2160. The number of carbonyl (C=O) groups excluding carboxylic acids is 1. The van der Waals surface area contributed by atoms with Gasteiger partial charge in [0.25, 0.3) is 11.5 Å². The molecule has 1 amide bonds. The van der Waals surface area contributed by atoms with Crippen LogP contribution in [0.4, 0.5) is 5.69 Å². The van der Waals surface area contributed by atoms with Gasteiger partial charge in [-0.25, -0.2) is 0 Å². The molecule has 204 valence electrons. The van der Waals surface area contributed by atoms with Crippen LogP contribution in [0.5, 0.6) is 0 Å². The molecule has 6 nitrogen and oxygen atoms in total. The summed E-state index contributed by atoms with van der Waals surface area (Å²) >= 11 is 7.19. The standard InChI is InChI=1S/C34H23ClN4O2S/c35-25-12-9-13-26(19-25)37-32(40)29(20-36)34-39(27-14-5-2-6-15-27)33(41)31(42-34)18-24-22-38(21-23-10-3-1-4-11-23)30-17-8-7-16-28(24)30/h1-19,22H,21H2,(H,37,40). The average molecular weight is 587 g/mol. The van der Waals surface area contributed by atoms with Crippen LogP contribution in [0.3, 0.4) is 0 Å². The maximum atomic E-state index is 13.9. The number of hydrogen-bond acceptors (Lipinski definition) is 4. The summed E-state index contributed by atoms with van der Waals surface area (Å²) in [6, 6.07) is 35.9. The van der Waals surface area contributed by atoms with E-state index in [2.05, 4.69) is 28.1 Å². The highest BCUT2D eigenvalue weighted by atomic mass is 35.5. The lowest BCUT2D eigenvalue weighted by Gasteiger charge is -2.06. The molecule has 4 aromatic carbocycles. The fourth-order valence-corrected chi connectivity index (χ4v) is 6.14. The van der Waals surface area contributed by atoms with Crippen LogP contribution in [0.2, 0.25) is 5.02 Å². The van der Waals surface area contributed by atoms with E-state index < -0.39 is 5.91 Å². The van der Waals surface area contributed by atoms with Crippen LogP contribution in [0.15, 0.2) is 120 Å². The van der Waals surface area contributed by atoms with E-state index in [1.807, 2.05) is 72.9 Å². The molecule has 0 fully saturated rings. The lowest BCUT2D eigenvalue weighted by Crippen LogP contribution is -2.32. The molecular weight excluding hydrogens is 564 g/mol. The number of hydrogen-bond donors (Lipinski definition) is 1. The van der Waals surface area contributed by atoms with Crippen LogP contribution in [0.1, 0.15) is 11.1 Å². The maximum absolute atomic E-state index is 13.9. The van der Waals surface area contributed by atoms with Gasteiger partial charge in [0, 0.05) is 39.9 Å². The summed E-state index contributed by atoms with van der Waals surface area (Å²) in [5.74, 6) is -0.628. The van der Waals surface area contributed by atoms with Crippen molar-refractivity contribution in [2.24, 2.45) is 0 Å². The van der Waals surface area contributed by atoms with E-state index in [1.54, 1.807) is 36.4 Å². The third-order valence-electron chi connectivity index (χ3n) is 6.77. The zero-order valence-corrected chi connectivity index (χ0v) is 23.8. The number of thiazole rings is 1. The molecule has 2 heterocycles. The Hall–Kier alpha value is -5.16. The number of fused-ring (bicyclic) bond motifs is 1. The summed E-state index contributed by atoms with van der Waals surface area (Å²) in [6.07, 6.45) is 3.87. The van der Waals surface area contributed by atoms with E-state index in [0.717, 1.165) is 33.4 Å². The van der Waals surface area contributed by atoms with Crippen LogP contribution in [0.25, 0.3) is 28.2 Å². The Morgan fingerprint density at radius 1 is 0.929 bits per heavy atom. The van der Waals surface area contributed by atoms with Crippen molar-refractivity contribution < 1.29 is 4.79 Å². The van der Waals surface area contributed by atoms with E-state index >= 15 is 0 Å². The molecule has 6 rings (SSSR count). The largest absolute Gasteiger partial charge is 0.342 e. The number of carbonyl (C=O) groups is 1. The van der Waals surface area contributed by atoms with Crippen LogP contribution in [0, 0.1) is 11.3 Å². The molecule has 0 bridgehead atoms. The molecule has 0 unspecified atom stereocenters. The van der Waals surface area contributed by atoms with Crippen LogP contribution >= 0.6 is 22.9 Å². The van der Waals surface area contributed by atoms with Crippen molar-refractivity contribution in [3.63, 3.8) is 0 Å². The molecule has 8 heteroatoms. The van der Waals surface area contributed by atoms with Gasteiger partial charge in [-0.15, -0.1) is 11.3 Å². The first-order chi connectivity index (χ1) is 20.5. The Balaban J connectivity index is 1.54. The molecule has 1 N–H and O–H groups in total. The van der Waals surface area contributed by atoms with E-state index in [1.165, 1.54) is 4.57 Å². The van der Waals surface area contributed by atoms with Gasteiger partial charge < -0.3 is 9.88 Å². The summed E-state index contributed by atoms with van der Waals surface area (Å²) in [7, 11) is 0. The minimum atomic E-state index is -0.628. The van der Waals surface area contributed by atoms with Gasteiger partial charge in [-0.05, 0) is 48.0 Å². The Kier molecular flexibility index (Phi) is 7.56. The third kappa shape index (κ3) is 5.41. The average Bonchev–Trinajstić information content (AvgIpc) is 3.51. The predicted octanol–water partition coefficient (Wildman–Crippen LogP) is 5.70. The molecule has 2 aromatic heterocycles. The monoisotopic (exact) mass is 586 g/mol. The molecule has 0 saturated carbocycles. The zero-order chi connectivity index (χ0) is 29.1. The quantitative estimate of drug-likeness (QED) is 0.272. The summed E-state index contributed by atoms with van der Waals surface area (Å²) in [6.45, 7) is 0.676. The van der Waals surface area contributed by atoms with Gasteiger partial charge in [0.2, 0.25) is 0 Å². The number of amides is 1. The number of halogens is 1. The summed E-state index contributed by atoms with van der Waals surface area (Å²) in [4.78, 5) is 27.3. The first-order valence-electron chi connectivity index (χ1n) is 13.1. The number of anilines is 1. The van der Waals surface area contributed by atoms with Gasteiger partial charge in [0.15, 0.2) is 5.57 Å². The van der Waals surface area contributed by atoms with Crippen LogP contribution < -0.4 is 20.1 Å². The van der Waals surface area contributed by atoms with Crippen molar-refractivity contribution in [2.45, 2.75) is 6.54 Å². The topological polar surface area (TPSA) is 79.8 Å². The first kappa shape index (κ1) is 27.0. The number of para-hydroxylation sites is 2. The smallest absolute Gasteiger partial charge is 0.273 e. The summed E-state index contributed by atoms with van der Waals surface area (Å²) in [5.41, 5.74) is 3.59. The van der Waals surface area contributed by atoms with Crippen molar-refractivity contribution in [3.05, 3.63) is 151 Å². The predicted molar refractivity (Wildman–Crippen MR) is 169 cm³/mol. The normalized spacial score (nSPS) is 12.2. The number of rotatable bonds is 6. The van der Waals surface area contributed by atoms with Gasteiger partial charge in [-0.1, -0.05) is 84.4 Å². The van der Waals surface area contributed by atoms with Gasteiger partial charge in [-0.3, -0.25) is 14.2 Å². The van der Waals surface area contributed by atoms with Gasteiger partial charge >= 0.3 is 0 Å². The number of nitriles is 1. The van der Waals surface area contributed by atoms with E-state index in [0.29, 0.717) is 27.5 Å². The minimum absolute atomic E-state index is 0.174. The van der Waals surface area contributed by atoms with E-state index in [9.17, 15) is 14.9 Å². The molecule has 0 radical (unpaired) electrons. The first-order valence-corrected chi connectivity index (χ1v) is 14.3. The highest BCUT2D eigenvalue weighted by Gasteiger charge is 2.18. The number of benzene rings is 4. The van der Waals surface area contributed by atoms with Crippen LogP contribution in [-0.4, -0.2) is 15.0 Å². The second-order valence-corrected chi connectivity index (χ2v) is 11.0. The van der Waals surface area contributed by atoms with Crippen molar-refractivity contribution in [3.8, 4) is 11.8 Å². The lowest BCUT2D eigenvalue weighted by molar-refractivity contribution is -0.111. The van der Waals surface area contributed by atoms with Crippen molar-refractivity contribution >= 4 is 57.1 Å². The second-order valence-electron chi connectivity index (χ2n) is 9.56. The summed E-state index contributed by atoms with van der Waals surface area (Å²) < 4.78 is 4.23. The lowest BCUT2D eigenvalue weighted by atomic mass is 10.2. The van der Waals surface area contributed by atoms with Gasteiger partial charge in [0.05, 0.1) is 10.2 Å². The zero-order valence-electron chi connectivity index (χ0n) is 22.2. The molecule has 0 atom stereocenters. The SMILES string of the molecule is N#CC(C(=O)Nc1cccc(Cl)c1)=c1sc(=Cc2cn(Cc3ccccc3)c3ccccc23)c(=O)n1-c1ccccc1. The molecular formula is C34H23ClN4O2S. The fourth-order valence-electron chi connectivity index (χ4n) is 4.86. The molecule has 0 aliphatic heterocycles. The second kappa shape index (κ2) is 11.8. The van der Waals surface area contributed by atoms with E-state index in [4.69, 9.17) is 11.6 Å². The maximum Gasteiger partial charge on any atom is 0.273 e. The van der Waals surface area contributed by atoms with Crippen molar-refractivity contribution in [2.75, 3.05) is 5.32 Å². The fraction of sp³-hybridized carbons (Fsp3) is 0.0294. The highest BCUT2D eigenvalue weighted by Crippen LogP contribution is 2.23. The third-order valence-corrected chi connectivity index (χ3v) is 8.10. The molecule has 6 aromatic rings. The molecule has 0 aliphatic rings. The minimum Gasteiger partial charge on any atom is -0.342 e. The van der Waals surface area contributed by atoms with Crippen molar-refractivity contribution in [1.82, 2.24) is 9.13 Å². The number of aromatic nitrogens is 2. The van der Waals surface area contributed by atoms with E-state index in [-0.39, 0.29) is 15.8 Å². The van der Waals surface area contributed by atoms with Crippen LogP contribution in [-0.2, 0) is 11.3 Å². The molecule has 0 aliphatic carbocycles. The Morgan fingerprint density at radius 3 is 2.38 bits per heavy atom. The molecule has 42 heavy (non-hydrogen) atoms. The Morgan fingerprint density at radius 2 is 1.64 bits per heavy atom. The number of nitrogens with zero attached hydrogens (tertiary/aromatic N) is 3. The summed E-state index contributed by atoms with van der Waals surface area (Å²) in [5, 5.41) is 14.3.